The van der Waals surface area contributed by atoms with Crippen molar-refractivity contribution in [1.82, 2.24) is 5.32 Å². The Bertz CT molecular complexity index is 836. The second-order valence-corrected chi connectivity index (χ2v) is 6.97. The van der Waals surface area contributed by atoms with E-state index >= 15 is 0 Å². The van der Waals surface area contributed by atoms with Gasteiger partial charge in [-0.25, -0.2) is 0 Å². The van der Waals surface area contributed by atoms with Crippen LogP contribution in [-0.2, 0) is 16.0 Å². The van der Waals surface area contributed by atoms with Crippen LogP contribution in [0.25, 0.3) is 0 Å². The van der Waals surface area contributed by atoms with Crippen LogP contribution in [-0.4, -0.2) is 36.0 Å². The highest BCUT2D eigenvalue weighted by Gasteiger charge is 2.31. The zero-order chi connectivity index (χ0) is 19.2. The van der Waals surface area contributed by atoms with E-state index in [-0.39, 0.29) is 23.7 Å². The van der Waals surface area contributed by atoms with E-state index < -0.39 is 5.25 Å². The first-order valence-corrected chi connectivity index (χ1v) is 9.08. The van der Waals surface area contributed by atoms with E-state index in [9.17, 15) is 14.4 Å². The molecule has 0 aliphatic carbocycles. The smallest absolute Gasteiger partial charge is 0.286 e. The van der Waals surface area contributed by atoms with Crippen LogP contribution >= 0.6 is 11.8 Å². The number of imide groups is 1. The van der Waals surface area contributed by atoms with Gasteiger partial charge in [0.2, 0.25) is 5.91 Å². The van der Waals surface area contributed by atoms with E-state index in [0.717, 1.165) is 17.3 Å². The van der Waals surface area contributed by atoms with Crippen molar-refractivity contribution < 1.29 is 23.9 Å². The van der Waals surface area contributed by atoms with Crippen molar-refractivity contribution in [3.63, 3.8) is 0 Å². The maximum absolute atomic E-state index is 12.0. The Kier molecular flexibility index (Phi) is 5.97. The molecule has 7 nitrogen and oxygen atoms in total. The molecule has 8 heteroatoms. The van der Waals surface area contributed by atoms with Crippen molar-refractivity contribution in [1.29, 1.82) is 0 Å². The van der Waals surface area contributed by atoms with Crippen molar-refractivity contribution in [3.05, 3.63) is 54.1 Å². The molecule has 27 heavy (non-hydrogen) atoms. The van der Waals surface area contributed by atoms with E-state index in [2.05, 4.69) is 10.6 Å². The first-order chi connectivity index (χ1) is 13.0. The molecule has 0 radical (unpaired) electrons. The molecule has 2 aromatic rings. The third kappa shape index (κ3) is 5.24. The summed E-state index contributed by atoms with van der Waals surface area (Å²) in [6.45, 7) is -0.124. The lowest BCUT2D eigenvalue weighted by atomic mass is 10.1. The van der Waals surface area contributed by atoms with Crippen molar-refractivity contribution >= 4 is 34.5 Å². The van der Waals surface area contributed by atoms with Crippen LogP contribution < -0.4 is 20.1 Å². The largest absolute Gasteiger partial charge is 0.497 e. The van der Waals surface area contributed by atoms with Crippen LogP contribution in [0.2, 0.25) is 0 Å². The Labute approximate surface area is 160 Å². The molecule has 0 bridgehead atoms. The number of thioether (sulfide) groups is 1. The molecule has 1 aliphatic heterocycles. The maximum Gasteiger partial charge on any atom is 0.286 e. The summed E-state index contributed by atoms with van der Waals surface area (Å²) in [6, 6.07) is 14.1. The Morgan fingerprint density at radius 1 is 1.07 bits per heavy atom. The molecule has 2 aromatic carbocycles. The predicted octanol–water partition coefficient (Wildman–Crippen LogP) is 2.61. The van der Waals surface area contributed by atoms with E-state index in [1.54, 1.807) is 43.5 Å². The van der Waals surface area contributed by atoms with Gasteiger partial charge >= 0.3 is 0 Å². The zero-order valence-electron chi connectivity index (χ0n) is 14.6. The first kappa shape index (κ1) is 18.8. The van der Waals surface area contributed by atoms with Gasteiger partial charge in [-0.05, 0) is 48.4 Å². The molecule has 1 unspecified atom stereocenters. The molecule has 2 N–H and O–H groups in total. The van der Waals surface area contributed by atoms with E-state index in [0.29, 0.717) is 23.6 Å². The molecular formula is C19H18N2O5S. The molecule has 0 aromatic heterocycles. The van der Waals surface area contributed by atoms with E-state index in [1.807, 2.05) is 12.1 Å². The van der Waals surface area contributed by atoms with Gasteiger partial charge in [0.25, 0.3) is 11.1 Å². The fourth-order valence-electron chi connectivity index (χ4n) is 2.48. The summed E-state index contributed by atoms with van der Waals surface area (Å²) in [5.41, 5.74) is 1.56. The summed E-state index contributed by atoms with van der Waals surface area (Å²) >= 11 is 0.998. The number of anilines is 1. The van der Waals surface area contributed by atoms with Crippen molar-refractivity contribution in [2.24, 2.45) is 0 Å². The fourth-order valence-corrected chi connectivity index (χ4v) is 3.34. The SMILES string of the molecule is COc1ccc(NC(=O)COc2ccc(CC3SC(=O)NC3=O)cc2)cc1. The summed E-state index contributed by atoms with van der Waals surface area (Å²) in [5.74, 6) is 0.715. The minimum Gasteiger partial charge on any atom is -0.497 e. The second kappa shape index (κ2) is 8.59. The van der Waals surface area contributed by atoms with Crippen molar-refractivity contribution in [2.75, 3.05) is 19.0 Å². The number of benzene rings is 2. The predicted molar refractivity (Wildman–Crippen MR) is 102 cm³/mol. The lowest BCUT2D eigenvalue weighted by Gasteiger charge is -2.09. The van der Waals surface area contributed by atoms with Gasteiger partial charge in [-0.3, -0.25) is 19.7 Å². The molecular weight excluding hydrogens is 368 g/mol. The first-order valence-electron chi connectivity index (χ1n) is 8.20. The molecule has 3 rings (SSSR count). The highest BCUT2D eigenvalue weighted by molar-refractivity contribution is 8.15. The van der Waals surface area contributed by atoms with Crippen molar-refractivity contribution in [3.8, 4) is 11.5 Å². The average Bonchev–Trinajstić information content (AvgIpc) is 2.98. The lowest BCUT2D eigenvalue weighted by Crippen LogP contribution is -2.25. The molecule has 3 amide bonds. The Hall–Kier alpha value is -3.00. The van der Waals surface area contributed by atoms with Crippen LogP contribution in [0.5, 0.6) is 11.5 Å². The average molecular weight is 386 g/mol. The van der Waals surface area contributed by atoms with Gasteiger partial charge in [0.05, 0.1) is 12.4 Å². The third-order valence-corrected chi connectivity index (χ3v) is 4.84. The number of hydrogen-bond acceptors (Lipinski definition) is 6. The fraction of sp³-hybridized carbons (Fsp3) is 0.211. The number of amides is 3. The highest BCUT2D eigenvalue weighted by atomic mass is 32.2. The highest BCUT2D eigenvalue weighted by Crippen LogP contribution is 2.24. The standard InChI is InChI=1S/C19H18N2O5S/c1-25-14-8-4-13(5-9-14)20-17(22)11-26-15-6-2-12(3-7-15)10-16-18(23)21-19(24)27-16/h2-9,16H,10-11H2,1H3,(H,20,22)(H,21,23,24). The van der Waals surface area contributed by atoms with Crippen LogP contribution in [0, 0.1) is 0 Å². The molecule has 0 saturated carbocycles. The van der Waals surface area contributed by atoms with E-state index in [4.69, 9.17) is 9.47 Å². The van der Waals surface area contributed by atoms with Crippen LogP contribution in [0.3, 0.4) is 0 Å². The molecule has 0 spiro atoms. The normalized spacial score (nSPS) is 16.0. The maximum atomic E-state index is 12.0. The van der Waals surface area contributed by atoms with Gasteiger partial charge in [-0.15, -0.1) is 0 Å². The lowest BCUT2D eigenvalue weighted by molar-refractivity contribution is -0.119. The molecule has 1 fully saturated rings. The Morgan fingerprint density at radius 2 is 1.74 bits per heavy atom. The third-order valence-electron chi connectivity index (χ3n) is 3.86. The number of ether oxygens (including phenoxy) is 2. The molecule has 1 saturated heterocycles. The summed E-state index contributed by atoms with van der Waals surface area (Å²) in [7, 11) is 1.58. The van der Waals surface area contributed by atoms with Crippen LogP contribution in [0.1, 0.15) is 5.56 Å². The monoisotopic (exact) mass is 386 g/mol. The van der Waals surface area contributed by atoms with Gasteiger partial charge in [-0.1, -0.05) is 23.9 Å². The quantitative estimate of drug-likeness (QED) is 0.760. The van der Waals surface area contributed by atoms with Gasteiger partial charge in [-0.2, -0.15) is 0 Å². The molecule has 1 heterocycles. The number of methoxy groups -OCH3 is 1. The number of hydrogen-bond donors (Lipinski definition) is 2. The van der Waals surface area contributed by atoms with Gasteiger partial charge in [0, 0.05) is 5.69 Å². The summed E-state index contributed by atoms with van der Waals surface area (Å²) in [6.07, 6.45) is 0.459. The number of rotatable bonds is 7. The van der Waals surface area contributed by atoms with Crippen molar-refractivity contribution in [2.45, 2.75) is 11.7 Å². The van der Waals surface area contributed by atoms with E-state index in [1.165, 1.54) is 0 Å². The number of nitrogens with one attached hydrogen (secondary N) is 2. The Balaban J connectivity index is 1.47. The van der Waals surface area contributed by atoms with Crippen LogP contribution in [0.15, 0.2) is 48.5 Å². The minimum absolute atomic E-state index is 0.124. The topological polar surface area (TPSA) is 93.7 Å². The molecule has 1 aliphatic rings. The zero-order valence-corrected chi connectivity index (χ0v) is 15.4. The Morgan fingerprint density at radius 3 is 2.33 bits per heavy atom. The van der Waals surface area contributed by atoms with Gasteiger partial charge in [0.15, 0.2) is 6.61 Å². The summed E-state index contributed by atoms with van der Waals surface area (Å²) in [5, 5.41) is 4.28. The minimum atomic E-state index is -0.403. The number of carbonyl (C=O) groups is 3. The van der Waals surface area contributed by atoms with Gasteiger partial charge in [0.1, 0.15) is 11.5 Å². The second-order valence-electron chi connectivity index (χ2n) is 5.80. The number of carbonyl (C=O) groups excluding carboxylic acids is 3. The summed E-state index contributed by atoms with van der Waals surface area (Å²) < 4.78 is 10.5. The molecule has 140 valence electrons. The van der Waals surface area contributed by atoms with Crippen LogP contribution in [0.4, 0.5) is 10.5 Å². The van der Waals surface area contributed by atoms with Gasteiger partial charge < -0.3 is 14.8 Å². The molecule has 1 atom stereocenters. The summed E-state index contributed by atoms with van der Waals surface area (Å²) in [4.78, 5) is 34.7.